The predicted molar refractivity (Wildman–Crippen MR) is 115 cm³/mol. The predicted octanol–water partition coefficient (Wildman–Crippen LogP) is 4.21. The van der Waals surface area contributed by atoms with Crippen LogP contribution < -0.4 is 4.72 Å². The number of para-hydroxylation sites is 1. The monoisotopic (exact) mass is 417 g/mol. The molecule has 3 aromatic carbocycles. The molecule has 0 unspecified atom stereocenters. The lowest BCUT2D eigenvalue weighted by molar-refractivity contribution is 0.103. The summed E-state index contributed by atoms with van der Waals surface area (Å²) in [6.45, 7) is 1.70. The third-order valence-corrected chi connectivity index (χ3v) is 6.17. The van der Waals surface area contributed by atoms with Crippen LogP contribution in [0.4, 0.5) is 5.69 Å². The average molecular weight is 417 g/mol. The molecule has 0 saturated carbocycles. The standard InChI is InChI=1S/C23H19N3O3S/c1-17-22(16-24-26(17)21-10-6-3-7-11-21)30(28,29)25-20-14-12-19(13-15-20)23(27)18-8-4-2-5-9-18/h2-16,25H,1H3. The van der Waals surface area contributed by atoms with Gasteiger partial charge >= 0.3 is 0 Å². The van der Waals surface area contributed by atoms with Gasteiger partial charge in [0.15, 0.2) is 5.78 Å². The Bertz CT molecular complexity index is 1280. The number of ketones is 1. The summed E-state index contributed by atoms with van der Waals surface area (Å²) < 4.78 is 29.9. The first kappa shape index (κ1) is 19.6. The Balaban J connectivity index is 1.56. The lowest BCUT2D eigenvalue weighted by atomic mass is 10.0. The zero-order chi connectivity index (χ0) is 21.1. The summed E-state index contributed by atoms with van der Waals surface area (Å²) in [6, 6.07) is 24.6. The lowest BCUT2D eigenvalue weighted by Crippen LogP contribution is -2.14. The van der Waals surface area contributed by atoms with E-state index in [-0.39, 0.29) is 10.7 Å². The second-order valence-electron chi connectivity index (χ2n) is 6.72. The number of sulfonamides is 1. The molecule has 0 fully saturated rings. The van der Waals surface area contributed by atoms with Crippen LogP contribution in [-0.4, -0.2) is 24.0 Å². The van der Waals surface area contributed by atoms with E-state index in [0.29, 0.717) is 22.5 Å². The van der Waals surface area contributed by atoms with Crippen LogP contribution in [0.2, 0.25) is 0 Å². The van der Waals surface area contributed by atoms with E-state index in [0.717, 1.165) is 5.69 Å². The summed E-state index contributed by atoms with van der Waals surface area (Å²) in [5.74, 6) is -0.120. The van der Waals surface area contributed by atoms with Gasteiger partial charge in [0.25, 0.3) is 10.0 Å². The molecular weight excluding hydrogens is 398 g/mol. The molecule has 7 heteroatoms. The minimum absolute atomic E-state index is 0.0933. The number of nitrogens with one attached hydrogen (secondary N) is 1. The first-order chi connectivity index (χ1) is 14.5. The summed E-state index contributed by atoms with van der Waals surface area (Å²) in [6.07, 6.45) is 1.33. The first-order valence-corrected chi connectivity index (χ1v) is 10.8. The van der Waals surface area contributed by atoms with Gasteiger partial charge in [-0.3, -0.25) is 9.52 Å². The highest BCUT2D eigenvalue weighted by Gasteiger charge is 2.21. The molecule has 0 aliphatic carbocycles. The van der Waals surface area contributed by atoms with Crippen LogP contribution in [0.1, 0.15) is 21.6 Å². The molecule has 0 atom stereocenters. The molecule has 0 spiro atoms. The summed E-state index contributed by atoms with van der Waals surface area (Å²) in [5.41, 5.74) is 2.71. The molecule has 1 aromatic heterocycles. The Morgan fingerprint density at radius 2 is 1.40 bits per heavy atom. The van der Waals surface area contributed by atoms with Crippen molar-refractivity contribution in [2.45, 2.75) is 11.8 Å². The van der Waals surface area contributed by atoms with Gasteiger partial charge in [0.1, 0.15) is 4.90 Å². The normalized spacial score (nSPS) is 11.2. The molecule has 1 N–H and O–H groups in total. The second-order valence-corrected chi connectivity index (χ2v) is 8.37. The van der Waals surface area contributed by atoms with Crippen LogP contribution in [0.25, 0.3) is 5.69 Å². The molecule has 30 heavy (non-hydrogen) atoms. The van der Waals surface area contributed by atoms with E-state index in [2.05, 4.69) is 9.82 Å². The molecule has 0 amide bonds. The fourth-order valence-electron chi connectivity index (χ4n) is 3.14. The minimum atomic E-state index is -3.83. The summed E-state index contributed by atoms with van der Waals surface area (Å²) in [5, 5.41) is 4.22. The van der Waals surface area contributed by atoms with Crippen LogP contribution in [0.3, 0.4) is 0 Å². The van der Waals surface area contributed by atoms with E-state index in [1.807, 2.05) is 36.4 Å². The van der Waals surface area contributed by atoms with Gasteiger partial charge in [0, 0.05) is 16.8 Å². The van der Waals surface area contributed by atoms with E-state index in [1.54, 1.807) is 60.1 Å². The maximum Gasteiger partial charge on any atom is 0.265 e. The lowest BCUT2D eigenvalue weighted by Gasteiger charge is -2.09. The molecule has 150 valence electrons. The third-order valence-electron chi connectivity index (χ3n) is 4.69. The summed E-state index contributed by atoms with van der Waals surface area (Å²) in [7, 11) is -3.83. The van der Waals surface area contributed by atoms with Crippen LogP contribution in [-0.2, 0) is 10.0 Å². The number of carbonyl (C=O) groups is 1. The Hall–Kier alpha value is -3.71. The van der Waals surface area contributed by atoms with Crippen molar-refractivity contribution >= 4 is 21.5 Å². The number of rotatable bonds is 6. The highest BCUT2D eigenvalue weighted by molar-refractivity contribution is 7.92. The largest absolute Gasteiger partial charge is 0.289 e. The average Bonchev–Trinajstić information content (AvgIpc) is 3.17. The fraction of sp³-hybridized carbons (Fsp3) is 0.0435. The maximum atomic E-state index is 12.9. The van der Waals surface area contributed by atoms with Gasteiger partial charge < -0.3 is 0 Å². The van der Waals surface area contributed by atoms with Crippen molar-refractivity contribution in [1.82, 2.24) is 9.78 Å². The highest BCUT2D eigenvalue weighted by Crippen LogP contribution is 2.22. The number of anilines is 1. The van der Waals surface area contributed by atoms with E-state index in [4.69, 9.17) is 0 Å². The Kier molecular flexibility index (Phi) is 5.20. The SMILES string of the molecule is Cc1c(S(=O)(=O)Nc2ccc(C(=O)c3ccccc3)cc2)cnn1-c1ccccc1. The number of aromatic nitrogens is 2. The Morgan fingerprint density at radius 3 is 2.03 bits per heavy atom. The molecule has 1 heterocycles. The van der Waals surface area contributed by atoms with Crippen molar-refractivity contribution in [1.29, 1.82) is 0 Å². The smallest absolute Gasteiger partial charge is 0.265 e. The Morgan fingerprint density at radius 1 is 0.833 bits per heavy atom. The Labute approximate surface area is 174 Å². The second kappa shape index (κ2) is 7.96. The zero-order valence-electron chi connectivity index (χ0n) is 16.2. The van der Waals surface area contributed by atoms with Crippen LogP contribution in [0.5, 0.6) is 0 Å². The van der Waals surface area contributed by atoms with Crippen molar-refractivity contribution in [3.63, 3.8) is 0 Å². The summed E-state index contributed by atoms with van der Waals surface area (Å²) >= 11 is 0. The van der Waals surface area contributed by atoms with Gasteiger partial charge in [-0.15, -0.1) is 0 Å². The van der Waals surface area contributed by atoms with Gasteiger partial charge in [0.05, 0.1) is 17.6 Å². The number of carbonyl (C=O) groups excluding carboxylic acids is 1. The quantitative estimate of drug-likeness (QED) is 0.477. The van der Waals surface area contributed by atoms with E-state index >= 15 is 0 Å². The van der Waals surface area contributed by atoms with Crippen molar-refractivity contribution in [2.75, 3.05) is 4.72 Å². The van der Waals surface area contributed by atoms with E-state index in [9.17, 15) is 13.2 Å². The number of nitrogens with zero attached hydrogens (tertiary/aromatic N) is 2. The van der Waals surface area contributed by atoms with Gasteiger partial charge in [-0.1, -0.05) is 48.5 Å². The topological polar surface area (TPSA) is 81.1 Å². The fourth-order valence-corrected chi connectivity index (χ4v) is 4.36. The van der Waals surface area contributed by atoms with E-state index in [1.165, 1.54) is 6.20 Å². The minimum Gasteiger partial charge on any atom is -0.289 e. The van der Waals surface area contributed by atoms with Crippen molar-refractivity contribution in [3.8, 4) is 5.69 Å². The third kappa shape index (κ3) is 3.88. The molecular formula is C23H19N3O3S. The molecule has 0 radical (unpaired) electrons. The molecule has 6 nitrogen and oxygen atoms in total. The van der Waals surface area contributed by atoms with E-state index < -0.39 is 10.0 Å². The van der Waals surface area contributed by atoms with Gasteiger partial charge in [-0.2, -0.15) is 5.10 Å². The van der Waals surface area contributed by atoms with Crippen molar-refractivity contribution in [2.24, 2.45) is 0 Å². The molecule has 0 aliphatic heterocycles. The van der Waals surface area contributed by atoms with Gasteiger partial charge in [-0.05, 0) is 43.3 Å². The number of benzene rings is 3. The first-order valence-electron chi connectivity index (χ1n) is 9.28. The van der Waals surface area contributed by atoms with Crippen LogP contribution in [0, 0.1) is 6.92 Å². The van der Waals surface area contributed by atoms with Gasteiger partial charge in [-0.25, -0.2) is 13.1 Å². The van der Waals surface area contributed by atoms with Gasteiger partial charge in [0.2, 0.25) is 0 Å². The molecule has 4 aromatic rings. The summed E-state index contributed by atoms with van der Waals surface area (Å²) in [4.78, 5) is 12.6. The highest BCUT2D eigenvalue weighted by atomic mass is 32.2. The van der Waals surface area contributed by atoms with Crippen LogP contribution in [0.15, 0.2) is 96.0 Å². The zero-order valence-corrected chi connectivity index (χ0v) is 17.0. The molecule has 4 rings (SSSR count). The number of hydrogen-bond donors (Lipinski definition) is 1. The van der Waals surface area contributed by atoms with Crippen molar-refractivity contribution in [3.05, 3.63) is 108 Å². The van der Waals surface area contributed by atoms with Crippen LogP contribution >= 0.6 is 0 Å². The molecule has 0 aliphatic rings. The maximum absolute atomic E-state index is 12.9. The number of hydrogen-bond acceptors (Lipinski definition) is 4. The molecule has 0 saturated heterocycles. The molecule has 0 bridgehead atoms. The van der Waals surface area contributed by atoms with Crippen molar-refractivity contribution < 1.29 is 13.2 Å².